The maximum absolute atomic E-state index is 13.4. The summed E-state index contributed by atoms with van der Waals surface area (Å²) in [7, 11) is 1.55. The van der Waals surface area contributed by atoms with Gasteiger partial charge in [-0.05, 0) is 89.3 Å². The minimum absolute atomic E-state index is 0.277. The Kier molecular flexibility index (Phi) is 8.53. The summed E-state index contributed by atoms with van der Waals surface area (Å²) in [4.78, 5) is 29.3. The first-order valence-electron chi connectivity index (χ1n) is 11.9. The van der Waals surface area contributed by atoms with Gasteiger partial charge in [0.05, 0.1) is 18.9 Å². The molecule has 1 amide bonds. The largest absolute Gasteiger partial charge is 0.497 e. The molecule has 7 nitrogen and oxygen atoms in total. The first-order valence-corrected chi connectivity index (χ1v) is 14.1. The summed E-state index contributed by atoms with van der Waals surface area (Å²) >= 11 is 12.2. The van der Waals surface area contributed by atoms with E-state index in [0.717, 1.165) is 24.5 Å². The molecule has 1 heterocycles. The van der Waals surface area contributed by atoms with Gasteiger partial charge in [-0.3, -0.25) is 4.79 Å². The van der Waals surface area contributed by atoms with E-state index in [1.807, 2.05) is 36.4 Å². The fourth-order valence-corrected chi connectivity index (χ4v) is 5.19. The zero-order valence-corrected chi connectivity index (χ0v) is 25.4. The topological polar surface area (TPSA) is 92.8 Å². The van der Waals surface area contributed by atoms with Crippen LogP contribution < -0.4 is 14.9 Å². The molecule has 5 aromatic rings. The number of benzene rings is 4. The molecule has 0 aliphatic heterocycles. The van der Waals surface area contributed by atoms with Crippen molar-refractivity contribution in [2.75, 3.05) is 7.11 Å². The van der Waals surface area contributed by atoms with Crippen LogP contribution in [0.4, 0.5) is 0 Å². The Bertz CT molecular complexity index is 1770. The highest BCUT2D eigenvalue weighted by Gasteiger charge is 2.21. The number of hydrogen-bond acceptors (Lipinski definition) is 5. The van der Waals surface area contributed by atoms with Crippen molar-refractivity contribution in [2.45, 2.75) is 0 Å². The molecule has 4 aromatic carbocycles. The third kappa shape index (κ3) is 6.06. The number of halogens is 3. The molecule has 0 atom stereocenters. The van der Waals surface area contributed by atoms with Crippen molar-refractivity contribution >= 4 is 79.1 Å². The summed E-state index contributed by atoms with van der Waals surface area (Å²) in [5.74, 6) is -0.0880. The number of esters is 1. The number of nitrogens with one attached hydrogen (secondary N) is 2. The van der Waals surface area contributed by atoms with Gasteiger partial charge in [0.1, 0.15) is 17.2 Å². The SMILES string of the molecule is COc1ccc(C(=O)Oc2ccc(Br)cc2C=NNC(=O)c2[nH]c3ccc(I)cc3c2-c2ccccc2Cl)cc1. The van der Waals surface area contributed by atoms with Gasteiger partial charge in [0.15, 0.2) is 0 Å². The van der Waals surface area contributed by atoms with Gasteiger partial charge in [-0.25, -0.2) is 10.2 Å². The van der Waals surface area contributed by atoms with Crippen LogP contribution in [-0.4, -0.2) is 30.2 Å². The predicted molar refractivity (Wildman–Crippen MR) is 169 cm³/mol. The molecule has 0 radical (unpaired) electrons. The van der Waals surface area contributed by atoms with Gasteiger partial charge >= 0.3 is 5.97 Å². The number of fused-ring (bicyclic) bond motifs is 1. The molecular formula is C30H20BrClIN3O4. The Morgan fingerprint density at radius 3 is 2.55 bits per heavy atom. The average molecular weight is 729 g/mol. The van der Waals surface area contributed by atoms with Crippen molar-refractivity contribution < 1.29 is 19.1 Å². The molecule has 2 N–H and O–H groups in total. The Morgan fingerprint density at radius 2 is 1.80 bits per heavy atom. The van der Waals surface area contributed by atoms with E-state index < -0.39 is 11.9 Å². The summed E-state index contributed by atoms with van der Waals surface area (Å²) in [6.45, 7) is 0. The molecule has 1 aromatic heterocycles. The van der Waals surface area contributed by atoms with Crippen molar-refractivity contribution in [3.63, 3.8) is 0 Å². The van der Waals surface area contributed by atoms with Crippen LogP contribution in [0.2, 0.25) is 5.02 Å². The lowest BCUT2D eigenvalue weighted by atomic mass is 10.0. The molecule has 0 saturated heterocycles. The number of H-pyrrole nitrogens is 1. The van der Waals surface area contributed by atoms with Gasteiger partial charge in [-0.1, -0.05) is 45.7 Å². The fraction of sp³-hybridized carbons (Fsp3) is 0.0333. The van der Waals surface area contributed by atoms with E-state index in [1.165, 1.54) is 6.21 Å². The van der Waals surface area contributed by atoms with Crippen LogP contribution in [-0.2, 0) is 0 Å². The Morgan fingerprint density at radius 1 is 1.02 bits per heavy atom. The molecule has 0 spiro atoms. The molecule has 0 bridgehead atoms. The highest BCUT2D eigenvalue weighted by molar-refractivity contribution is 14.1. The summed E-state index contributed by atoms with van der Waals surface area (Å²) in [6.07, 6.45) is 1.42. The summed E-state index contributed by atoms with van der Waals surface area (Å²) < 4.78 is 12.5. The number of hydrazone groups is 1. The Balaban J connectivity index is 1.41. The normalized spacial score (nSPS) is 11.1. The van der Waals surface area contributed by atoms with Crippen molar-refractivity contribution in [3.05, 3.63) is 115 Å². The predicted octanol–water partition coefficient (Wildman–Crippen LogP) is 7.85. The third-order valence-corrected chi connectivity index (χ3v) is 7.49. The lowest BCUT2D eigenvalue weighted by molar-refractivity contribution is 0.0734. The van der Waals surface area contributed by atoms with Gasteiger partial charge in [-0.15, -0.1) is 0 Å². The van der Waals surface area contributed by atoms with Crippen molar-refractivity contribution in [1.29, 1.82) is 0 Å². The second-order valence-corrected chi connectivity index (χ2v) is 11.1. The number of carbonyl (C=O) groups excluding carboxylic acids is 2. The lowest BCUT2D eigenvalue weighted by Gasteiger charge is -2.09. The minimum Gasteiger partial charge on any atom is -0.497 e. The number of methoxy groups -OCH3 is 1. The van der Waals surface area contributed by atoms with Gasteiger partial charge in [-0.2, -0.15) is 5.10 Å². The second-order valence-electron chi connectivity index (χ2n) is 8.54. The highest BCUT2D eigenvalue weighted by atomic mass is 127. The number of carbonyl (C=O) groups is 2. The smallest absolute Gasteiger partial charge is 0.343 e. The van der Waals surface area contributed by atoms with Crippen LogP contribution in [0.3, 0.4) is 0 Å². The third-order valence-electron chi connectivity index (χ3n) is 6.00. The van der Waals surface area contributed by atoms with Crippen molar-refractivity contribution in [3.8, 4) is 22.6 Å². The van der Waals surface area contributed by atoms with Crippen molar-refractivity contribution in [2.24, 2.45) is 5.10 Å². The standard InChI is InChI=1S/C30H20BrClIN3O4/c1-39-21-10-6-17(7-11-21)30(38)40-26-13-8-19(31)14-18(26)16-34-36-29(37)28-27(22-4-2-3-5-24(22)32)23-15-20(33)9-12-25(23)35-28/h2-16,35H,1H3,(H,36,37). The summed E-state index contributed by atoms with van der Waals surface area (Å²) in [5, 5.41) is 5.55. The number of hydrogen-bond donors (Lipinski definition) is 2. The lowest BCUT2D eigenvalue weighted by Crippen LogP contribution is -2.19. The first kappa shape index (κ1) is 27.9. The molecular weight excluding hydrogens is 709 g/mol. The number of nitrogens with zero attached hydrogens (tertiary/aromatic N) is 1. The summed E-state index contributed by atoms with van der Waals surface area (Å²) in [5.41, 5.74) is 5.95. The van der Waals surface area contributed by atoms with Gasteiger partial charge in [0.25, 0.3) is 5.91 Å². The van der Waals surface area contributed by atoms with Crippen molar-refractivity contribution in [1.82, 2.24) is 10.4 Å². The van der Waals surface area contributed by atoms with E-state index in [0.29, 0.717) is 33.2 Å². The number of rotatable bonds is 7. The zero-order chi connectivity index (χ0) is 28.2. The monoisotopic (exact) mass is 727 g/mol. The van der Waals surface area contributed by atoms with E-state index >= 15 is 0 Å². The van der Waals surface area contributed by atoms with Crippen LogP contribution >= 0.6 is 50.1 Å². The first-order chi connectivity index (χ1) is 19.3. The molecule has 200 valence electrons. The Labute approximate surface area is 256 Å². The molecule has 0 fully saturated rings. The zero-order valence-electron chi connectivity index (χ0n) is 20.9. The quantitative estimate of drug-likeness (QED) is 0.0588. The van der Waals surface area contributed by atoms with Gasteiger partial charge < -0.3 is 14.5 Å². The van der Waals surface area contributed by atoms with E-state index in [4.69, 9.17) is 21.1 Å². The van der Waals surface area contributed by atoms with Crippen LogP contribution in [0, 0.1) is 3.57 Å². The average Bonchev–Trinajstić information content (AvgIpc) is 3.33. The number of ether oxygens (including phenoxy) is 2. The van der Waals surface area contributed by atoms with E-state index in [9.17, 15) is 9.59 Å². The molecule has 10 heteroatoms. The maximum atomic E-state index is 13.4. The number of amides is 1. The number of aromatic amines is 1. The number of aromatic nitrogens is 1. The molecule has 0 aliphatic rings. The van der Waals surface area contributed by atoms with Gasteiger partial charge in [0.2, 0.25) is 0 Å². The van der Waals surface area contributed by atoms with Crippen LogP contribution in [0.5, 0.6) is 11.5 Å². The molecule has 0 saturated carbocycles. The fourth-order valence-electron chi connectivity index (χ4n) is 4.09. The van der Waals surface area contributed by atoms with E-state index in [2.05, 4.69) is 54.0 Å². The maximum Gasteiger partial charge on any atom is 0.343 e. The highest BCUT2D eigenvalue weighted by Crippen LogP contribution is 2.37. The summed E-state index contributed by atoms with van der Waals surface area (Å²) in [6, 6.07) is 24.9. The molecule has 0 aliphatic carbocycles. The van der Waals surface area contributed by atoms with Crippen LogP contribution in [0.15, 0.2) is 94.5 Å². The molecule has 0 unspecified atom stereocenters. The minimum atomic E-state index is -0.541. The molecule has 40 heavy (non-hydrogen) atoms. The van der Waals surface area contributed by atoms with E-state index in [1.54, 1.807) is 55.6 Å². The Hall–Kier alpha value is -3.67. The second kappa shape index (κ2) is 12.2. The van der Waals surface area contributed by atoms with Crippen LogP contribution in [0.25, 0.3) is 22.0 Å². The van der Waals surface area contributed by atoms with Gasteiger partial charge in [0, 0.05) is 40.7 Å². The van der Waals surface area contributed by atoms with Crippen LogP contribution in [0.1, 0.15) is 26.4 Å². The molecule has 5 rings (SSSR count). The van der Waals surface area contributed by atoms with E-state index in [-0.39, 0.29) is 5.75 Å².